The van der Waals surface area contributed by atoms with Gasteiger partial charge in [0.15, 0.2) is 0 Å². The van der Waals surface area contributed by atoms with Crippen LogP contribution in [0.2, 0.25) is 0 Å². The van der Waals surface area contributed by atoms with Crippen molar-refractivity contribution in [3.05, 3.63) is 28.8 Å². The van der Waals surface area contributed by atoms with Gasteiger partial charge in [-0.05, 0) is 18.6 Å². The first-order chi connectivity index (χ1) is 7.47. The third kappa shape index (κ3) is 2.25. The molecule has 0 spiro atoms. The number of alkyl halides is 2. The Kier molecular flexibility index (Phi) is 3.40. The standard InChI is InChI=1S/C10H7F2NO3/c1-5-2-3-7(16-10(11)12)8(9(14)15)6(5)4-13/h2-3,10H,1H3,(H,14,15). The summed E-state index contributed by atoms with van der Waals surface area (Å²) < 4.78 is 28.0. The molecular formula is C10H7F2NO3. The van der Waals surface area contributed by atoms with E-state index in [-0.39, 0.29) is 5.56 Å². The van der Waals surface area contributed by atoms with Crippen LogP contribution < -0.4 is 4.74 Å². The molecule has 0 aliphatic carbocycles. The first-order valence-corrected chi connectivity index (χ1v) is 4.19. The summed E-state index contributed by atoms with van der Waals surface area (Å²) in [5.74, 6) is -1.99. The number of benzene rings is 1. The minimum Gasteiger partial charge on any atom is -0.478 e. The number of ether oxygens (including phenoxy) is 1. The van der Waals surface area contributed by atoms with E-state index in [9.17, 15) is 13.6 Å². The number of hydrogen-bond acceptors (Lipinski definition) is 3. The van der Waals surface area contributed by atoms with Crippen LogP contribution in [0.25, 0.3) is 0 Å². The number of rotatable bonds is 3. The molecule has 6 heteroatoms. The Labute approximate surface area is 89.7 Å². The lowest BCUT2D eigenvalue weighted by Crippen LogP contribution is -2.10. The van der Waals surface area contributed by atoms with Gasteiger partial charge in [0.05, 0.1) is 5.56 Å². The summed E-state index contributed by atoms with van der Waals surface area (Å²) in [5.41, 5.74) is -0.324. The largest absolute Gasteiger partial charge is 0.478 e. The Hall–Kier alpha value is -2.16. The first kappa shape index (κ1) is 11.9. The van der Waals surface area contributed by atoms with E-state index in [0.29, 0.717) is 5.56 Å². The van der Waals surface area contributed by atoms with E-state index in [0.717, 1.165) is 6.07 Å². The predicted molar refractivity (Wildman–Crippen MR) is 49.5 cm³/mol. The van der Waals surface area contributed by atoms with Gasteiger partial charge in [-0.2, -0.15) is 14.0 Å². The highest BCUT2D eigenvalue weighted by molar-refractivity contribution is 5.94. The lowest BCUT2D eigenvalue weighted by molar-refractivity contribution is -0.0503. The molecule has 1 aromatic rings. The van der Waals surface area contributed by atoms with Crippen LogP contribution in [0.5, 0.6) is 5.75 Å². The van der Waals surface area contributed by atoms with Gasteiger partial charge in [0.2, 0.25) is 0 Å². The van der Waals surface area contributed by atoms with E-state index < -0.39 is 23.9 Å². The van der Waals surface area contributed by atoms with Crippen LogP contribution in [0.4, 0.5) is 8.78 Å². The molecule has 4 nitrogen and oxygen atoms in total. The zero-order chi connectivity index (χ0) is 12.3. The van der Waals surface area contributed by atoms with Crippen molar-refractivity contribution >= 4 is 5.97 Å². The molecule has 0 aliphatic heterocycles. The van der Waals surface area contributed by atoms with Crippen LogP contribution in [0.15, 0.2) is 12.1 Å². The normalized spacial score (nSPS) is 9.94. The fraction of sp³-hybridized carbons (Fsp3) is 0.200. The second-order valence-corrected chi connectivity index (χ2v) is 2.93. The van der Waals surface area contributed by atoms with Crippen molar-refractivity contribution in [2.45, 2.75) is 13.5 Å². The summed E-state index contributed by atoms with van der Waals surface area (Å²) >= 11 is 0. The Morgan fingerprint density at radius 3 is 2.62 bits per heavy atom. The monoisotopic (exact) mass is 227 g/mol. The van der Waals surface area contributed by atoms with Gasteiger partial charge in [0.25, 0.3) is 0 Å². The molecule has 1 N–H and O–H groups in total. The Bertz CT molecular complexity index is 466. The Balaban J connectivity index is 3.40. The van der Waals surface area contributed by atoms with Crippen LogP contribution in [0, 0.1) is 18.3 Å². The molecule has 0 aromatic heterocycles. The number of nitrogens with zero attached hydrogens (tertiary/aromatic N) is 1. The van der Waals surface area contributed by atoms with Crippen LogP contribution in [-0.2, 0) is 0 Å². The maximum absolute atomic E-state index is 12.0. The third-order valence-electron chi connectivity index (χ3n) is 1.92. The molecule has 0 fully saturated rings. The molecule has 16 heavy (non-hydrogen) atoms. The topological polar surface area (TPSA) is 70.3 Å². The number of nitriles is 1. The maximum Gasteiger partial charge on any atom is 0.387 e. The van der Waals surface area contributed by atoms with E-state index in [4.69, 9.17) is 10.4 Å². The van der Waals surface area contributed by atoms with Crippen molar-refractivity contribution in [3.63, 3.8) is 0 Å². The minimum atomic E-state index is -3.13. The van der Waals surface area contributed by atoms with E-state index in [1.807, 2.05) is 0 Å². The second kappa shape index (κ2) is 4.57. The van der Waals surface area contributed by atoms with Gasteiger partial charge in [0.1, 0.15) is 17.4 Å². The van der Waals surface area contributed by atoms with E-state index in [1.54, 1.807) is 6.07 Å². The smallest absolute Gasteiger partial charge is 0.387 e. The summed E-state index contributed by atoms with van der Waals surface area (Å²) in [7, 11) is 0. The Morgan fingerprint density at radius 2 is 2.19 bits per heavy atom. The molecule has 0 radical (unpaired) electrons. The molecule has 0 unspecified atom stereocenters. The minimum absolute atomic E-state index is 0.175. The average molecular weight is 227 g/mol. The highest BCUT2D eigenvalue weighted by Gasteiger charge is 2.20. The first-order valence-electron chi connectivity index (χ1n) is 4.19. The van der Waals surface area contributed by atoms with Gasteiger partial charge in [-0.25, -0.2) is 4.79 Å². The third-order valence-corrected chi connectivity index (χ3v) is 1.92. The van der Waals surface area contributed by atoms with Crippen molar-refractivity contribution in [1.82, 2.24) is 0 Å². The summed E-state index contributed by atoms with van der Waals surface area (Å²) in [6, 6.07) is 4.11. The molecule has 0 bridgehead atoms. The maximum atomic E-state index is 12.0. The van der Waals surface area contributed by atoms with Crippen molar-refractivity contribution in [1.29, 1.82) is 5.26 Å². The molecule has 0 amide bonds. The van der Waals surface area contributed by atoms with Crippen molar-refractivity contribution in [3.8, 4) is 11.8 Å². The second-order valence-electron chi connectivity index (χ2n) is 2.93. The highest BCUT2D eigenvalue weighted by atomic mass is 19.3. The molecule has 0 saturated heterocycles. The van der Waals surface area contributed by atoms with E-state index in [1.165, 1.54) is 13.0 Å². The van der Waals surface area contributed by atoms with Crippen molar-refractivity contribution in [2.75, 3.05) is 0 Å². The van der Waals surface area contributed by atoms with Crippen LogP contribution >= 0.6 is 0 Å². The lowest BCUT2D eigenvalue weighted by Gasteiger charge is -2.10. The van der Waals surface area contributed by atoms with Crippen molar-refractivity contribution in [2.24, 2.45) is 0 Å². The predicted octanol–water partition coefficient (Wildman–Crippen LogP) is 2.17. The molecule has 0 aliphatic rings. The number of carboxylic acid groups (broad SMARTS) is 1. The zero-order valence-electron chi connectivity index (χ0n) is 8.20. The fourth-order valence-electron chi connectivity index (χ4n) is 1.24. The van der Waals surface area contributed by atoms with Gasteiger partial charge in [-0.3, -0.25) is 0 Å². The zero-order valence-corrected chi connectivity index (χ0v) is 8.20. The summed E-state index contributed by atoms with van der Waals surface area (Å²) in [6.45, 7) is -1.62. The quantitative estimate of drug-likeness (QED) is 0.858. The van der Waals surface area contributed by atoms with Crippen LogP contribution in [-0.4, -0.2) is 17.7 Å². The molecule has 0 atom stereocenters. The summed E-state index contributed by atoms with van der Waals surface area (Å²) in [5, 5.41) is 17.6. The summed E-state index contributed by atoms with van der Waals surface area (Å²) in [6.07, 6.45) is 0. The Morgan fingerprint density at radius 1 is 1.56 bits per heavy atom. The number of halogens is 2. The van der Waals surface area contributed by atoms with Crippen LogP contribution in [0.1, 0.15) is 21.5 Å². The van der Waals surface area contributed by atoms with Gasteiger partial charge < -0.3 is 9.84 Å². The van der Waals surface area contributed by atoms with E-state index in [2.05, 4.69) is 4.74 Å². The molecular weight excluding hydrogens is 220 g/mol. The lowest BCUT2D eigenvalue weighted by atomic mass is 10.0. The molecule has 0 heterocycles. The number of aryl methyl sites for hydroxylation is 1. The van der Waals surface area contributed by atoms with Gasteiger partial charge in [0, 0.05) is 0 Å². The van der Waals surface area contributed by atoms with Crippen molar-refractivity contribution < 1.29 is 23.4 Å². The SMILES string of the molecule is Cc1ccc(OC(F)F)c(C(=O)O)c1C#N. The molecule has 0 saturated carbocycles. The number of hydrogen-bond donors (Lipinski definition) is 1. The average Bonchev–Trinajstić information content (AvgIpc) is 2.18. The number of carboxylic acids is 1. The molecule has 84 valence electrons. The number of aromatic carboxylic acids is 1. The highest BCUT2D eigenvalue weighted by Crippen LogP contribution is 2.26. The summed E-state index contributed by atoms with van der Waals surface area (Å²) in [4.78, 5) is 10.9. The fourth-order valence-corrected chi connectivity index (χ4v) is 1.24. The molecule has 1 aromatic carbocycles. The van der Waals surface area contributed by atoms with Gasteiger partial charge in [-0.15, -0.1) is 0 Å². The van der Waals surface area contributed by atoms with E-state index >= 15 is 0 Å². The molecule has 1 rings (SSSR count). The van der Waals surface area contributed by atoms with Gasteiger partial charge >= 0.3 is 12.6 Å². The van der Waals surface area contributed by atoms with Gasteiger partial charge in [-0.1, -0.05) is 6.07 Å². The van der Waals surface area contributed by atoms with Crippen LogP contribution in [0.3, 0.4) is 0 Å². The number of carbonyl (C=O) groups is 1.